The van der Waals surface area contributed by atoms with E-state index < -0.39 is 36.0 Å². The molecule has 0 aliphatic carbocycles. The van der Waals surface area contributed by atoms with Crippen molar-refractivity contribution >= 4 is 35.1 Å². The van der Waals surface area contributed by atoms with Crippen molar-refractivity contribution < 1.29 is 31.6 Å². The van der Waals surface area contributed by atoms with Crippen molar-refractivity contribution in [3.05, 3.63) is 78.2 Å². The van der Waals surface area contributed by atoms with Crippen LogP contribution in [0.2, 0.25) is 0 Å². The second-order valence-electron chi connectivity index (χ2n) is 11.7. The highest BCUT2D eigenvalue weighted by atomic mass is 19.4. The number of piperidine rings is 1. The monoisotopic (exact) mass is 639 g/mol. The predicted molar refractivity (Wildman–Crippen MR) is 167 cm³/mol. The van der Waals surface area contributed by atoms with Gasteiger partial charge in [-0.15, -0.1) is 0 Å². The molecule has 4 aromatic rings. The zero-order chi connectivity index (χ0) is 35.6. The van der Waals surface area contributed by atoms with E-state index in [0.29, 0.717) is 25.0 Å². The summed E-state index contributed by atoms with van der Waals surface area (Å²) in [6.45, 7) is 3.83. The molecule has 5 rings (SSSR count). The number of carbonyl (C=O) groups excluding carboxylic acids is 2. The summed E-state index contributed by atoms with van der Waals surface area (Å²) in [5.41, 5.74) is 0.188. The Labute approximate surface area is 268 Å². The number of ether oxygens (including phenoxy) is 1. The first-order valence-electron chi connectivity index (χ1n) is 16.0. The van der Waals surface area contributed by atoms with Gasteiger partial charge in [-0.05, 0) is 63.4 Å². The summed E-state index contributed by atoms with van der Waals surface area (Å²) in [5.74, 6) is -1.79. The summed E-state index contributed by atoms with van der Waals surface area (Å²) >= 11 is 0. The van der Waals surface area contributed by atoms with Crippen LogP contribution in [0.1, 0.15) is 59.7 Å². The standard InChI is InChI=1S/C32H35F3N8O3/c1-31(2,3)46-30(45)42-15-13-23(14-16-42)43-19-21(17-38-43)20-9-11-22(12-10-20)39-29-37-18-25(32(33,34)35)27(41-29)40-26-8-6-5-7-24(26)28(44)36-4/h5-12,17-19,23H,13-16H2,1-4H3,(H,36,44)(H2,37,39,40,41)/i4D3. The average molecular weight is 640 g/mol. The number of alkyl halides is 3. The molecule has 1 fully saturated rings. The number of nitrogens with zero attached hydrogens (tertiary/aromatic N) is 5. The number of anilines is 4. The van der Waals surface area contributed by atoms with Crippen LogP contribution in [-0.4, -0.2) is 62.3 Å². The highest BCUT2D eigenvalue weighted by Gasteiger charge is 2.36. The molecule has 46 heavy (non-hydrogen) atoms. The molecule has 0 radical (unpaired) electrons. The predicted octanol–water partition coefficient (Wildman–Crippen LogP) is 6.78. The first-order valence-corrected chi connectivity index (χ1v) is 14.5. The molecular formula is C32H35F3N8O3. The zero-order valence-corrected chi connectivity index (χ0v) is 25.4. The Kier molecular flexibility index (Phi) is 8.05. The van der Waals surface area contributed by atoms with E-state index in [-0.39, 0.29) is 29.3 Å². The summed E-state index contributed by atoms with van der Waals surface area (Å²) < 4.78 is 70.9. The number of nitrogens with one attached hydrogen (secondary N) is 3. The third-order valence-corrected chi connectivity index (χ3v) is 7.20. The maximum atomic E-state index is 13.9. The fraction of sp³-hybridized carbons (Fsp3) is 0.344. The van der Waals surface area contributed by atoms with Crippen LogP contribution in [0, 0.1) is 0 Å². The Bertz CT molecular complexity index is 1800. The van der Waals surface area contributed by atoms with Gasteiger partial charge in [0.05, 0.1) is 23.5 Å². The number of hydrogen-bond donors (Lipinski definition) is 3. The van der Waals surface area contributed by atoms with E-state index in [9.17, 15) is 22.8 Å². The van der Waals surface area contributed by atoms with Gasteiger partial charge in [0.1, 0.15) is 17.0 Å². The highest BCUT2D eigenvalue weighted by Crippen LogP contribution is 2.36. The number of amides is 2. The van der Waals surface area contributed by atoms with Gasteiger partial charge < -0.3 is 25.6 Å². The van der Waals surface area contributed by atoms with Crippen LogP contribution in [0.3, 0.4) is 0 Å². The molecule has 2 aromatic heterocycles. The number of rotatable bonds is 7. The Morgan fingerprint density at radius 1 is 0.978 bits per heavy atom. The van der Waals surface area contributed by atoms with E-state index >= 15 is 0 Å². The largest absolute Gasteiger partial charge is 0.444 e. The van der Waals surface area contributed by atoms with Crippen molar-refractivity contribution in [3.63, 3.8) is 0 Å². The molecule has 0 saturated carbocycles. The van der Waals surface area contributed by atoms with Gasteiger partial charge in [0.2, 0.25) is 5.95 Å². The van der Waals surface area contributed by atoms with Crippen LogP contribution in [0.4, 0.5) is 41.1 Å². The maximum absolute atomic E-state index is 13.9. The van der Waals surface area contributed by atoms with Crippen LogP contribution in [0.15, 0.2) is 67.1 Å². The number of carbonyl (C=O) groups is 2. The van der Waals surface area contributed by atoms with Crippen LogP contribution >= 0.6 is 0 Å². The highest BCUT2D eigenvalue weighted by molar-refractivity contribution is 6.00. The van der Waals surface area contributed by atoms with Crippen molar-refractivity contribution in [2.75, 3.05) is 30.7 Å². The Morgan fingerprint density at radius 3 is 2.37 bits per heavy atom. The molecule has 14 heteroatoms. The van der Waals surface area contributed by atoms with Crippen molar-refractivity contribution in [2.45, 2.75) is 51.4 Å². The lowest BCUT2D eigenvalue weighted by atomic mass is 10.1. The van der Waals surface area contributed by atoms with Crippen molar-refractivity contribution in [2.24, 2.45) is 0 Å². The number of halogens is 3. The number of hydrogen-bond acceptors (Lipinski definition) is 8. The summed E-state index contributed by atoms with van der Waals surface area (Å²) in [7, 11) is 0. The topological polar surface area (TPSA) is 126 Å². The first-order chi connectivity index (χ1) is 22.9. The fourth-order valence-electron chi connectivity index (χ4n) is 4.93. The molecular weight excluding hydrogens is 601 g/mol. The van der Waals surface area contributed by atoms with Crippen molar-refractivity contribution in [3.8, 4) is 11.1 Å². The Hall–Kier alpha value is -5.14. The summed E-state index contributed by atoms with van der Waals surface area (Å²) in [6.07, 6.45) is 0.598. The molecule has 1 saturated heterocycles. The molecule has 1 aliphatic heterocycles. The van der Waals surface area contributed by atoms with Gasteiger partial charge in [-0.1, -0.05) is 24.3 Å². The lowest BCUT2D eigenvalue weighted by Gasteiger charge is -2.33. The van der Waals surface area contributed by atoms with Crippen molar-refractivity contribution in [1.82, 2.24) is 30.0 Å². The van der Waals surface area contributed by atoms with Gasteiger partial charge in [-0.2, -0.15) is 23.3 Å². The summed E-state index contributed by atoms with van der Waals surface area (Å²) in [4.78, 5) is 34.5. The molecule has 0 atom stereocenters. The molecule has 0 spiro atoms. The van der Waals surface area contributed by atoms with E-state index in [0.717, 1.165) is 24.0 Å². The molecule has 2 amide bonds. The molecule has 1 aliphatic rings. The van der Waals surface area contributed by atoms with Gasteiger partial charge in [-0.3, -0.25) is 9.48 Å². The van der Waals surface area contributed by atoms with Gasteiger partial charge in [0.25, 0.3) is 5.91 Å². The Morgan fingerprint density at radius 2 is 1.70 bits per heavy atom. The van der Waals surface area contributed by atoms with Gasteiger partial charge in [-0.25, -0.2) is 9.78 Å². The minimum absolute atomic E-state index is 0.0853. The molecule has 3 heterocycles. The lowest BCUT2D eigenvalue weighted by Crippen LogP contribution is -2.42. The van der Waals surface area contributed by atoms with Crippen LogP contribution in [0.5, 0.6) is 0 Å². The zero-order valence-electron chi connectivity index (χ0n) is 28.4. The Balaban J connectivity index is 1.27. The molecule has 3 N–H and O–H groups in total. The van der Waals surface area contributed by atoms with Gasteiger partial charge in [0, 0.05) is 47.8 Å². The van der Waals surface area contributed by atoms with E-state index in [1.807, 2.05) is 49.1 Å². The molecule has 0 unspecified atom stereocenters. The molecule has 242 valence electrons. The number of likely N-dealkylation sites (tertiary alicyclic amines) is 1. The van der Waals surface area contributed by atoms with Gasteiger partial charge >= 0.3 is 12.3 Å². The first kappa shape index (κ1) is 28.3. The number of aromatic nitrogens is 4. The number of benzene rings is 2. The van der Waals surface area contributed by atoms with Gasteiger partial charge in [0.15, 0.2) is 0 Å². The van der Waals surface area contributed by atoms with E-state index in [1.54, 1.807) is 23.2 Å². The van der Waals surface area contributed by atoms with Crippen molar-refractivity contribution in [1.29, 1.82) is 0 Å². The van der Waals surface area contributed by atoms with E-state index in [1.165, 1.54) is 24.3 Å². The lowest BCUT2D eigenvalue weighted by molar-refractivity contribution is -0.137. The average Bonchev–Trinajstić information content (AvgIpc) is 3.50. The van der Waals surface area contributed by atoms with E-state index in [4.69, 9.17) is 8.85 Å². The minimum Gasteiger partial charge on any atom is -0.444 e. The summed E-state index contributed by atoms with van der Waals surface area (Å²) in [6, 6.07) is 12.7. The molecule has 2 aromatic carbocycles. The minimum atomic E-state index is -4.84. The van der Waals surface area contributed by atoms with Crippen LogP contribution < -0.4 is 16.0 Å². The van der Waals surface area contributed by atoms with Crippen LogP contribution in [0.25, 0.3) is 11.1 Å². The fourth-order valence-corrected chi connectivity index (χ4v) is 4.93. The molecule has 11 nitrogen and oxygen atoms in total. The molecule has 0 bridgehead atoms. The normalized spacial score (nSPS) is 15.3. The second kappa shape index (κ2) is 13.1. The van der Waals surface area contributed by atoms with E-state index in [2.05, 4.69) is 25.7 Å². The third-order valence-electron chi connectivity index (χ3n) is 7.20. The quantitative estimate of drug-likeness (QED) is 0.202. The summed E-state index contributed by atoms with van der Waals surface area (Å²) in [5, 5.41) is 11.8. The van der Waals surface area contributed by atoms with Crippen LogP contribution in [-0.2, 0) is 10.9 Å². The smallest absolute Gasteiger partial charge is 0.421 e. The maximum Gasteiger partial charge on any atom is 0.421 e. The SMILES string of the molecule is [2H]C([2H])([2H])NC(=O)c1ccccc1Nc1nc(Nc2ccc(-c3cnn(C4CCN(C(=O)OC(C)(C)C)CC4)c3)cc2)ncc1C(F)(F)F. The number of para-hydroxylation sites is 1. The third kappa shape index (κ3) is 7.73. The second-order valence-corrected chi connectivity index (χ2v) is 11.7.